The van der Waals surface area contributed by atoms with Crippen LogP contribution in [-0.2, 0) is 4.79 Å². The van der Waals surface area contributed by atoms with E-state index in [9.17, 15) is 14.9 Å². The monoisotopic (exact) mass is 389 g/mol. The van der Waals surface area contributed by atoms with Crippen molar-refractivity contribution in [3.63, 3.8) is 0 Å². The Morgan fingerprint density at radius 3 is 2.85 bits per heavy atom. The summed E-state index contributed by atoms with van der Waals surface area (Å²) < 4.78 is 5.42. The van der Waals surface area contributed by atoms with E-state index in [-0.39, 0.29) is 30.4 Å². The number of para-hydroxylation sites is 2. The van der Waals surface area contributed by atoms with Gasteiger partial charge in [-0.15, -0.1) is 22.7 Å². The lowest BCUT2D eigenvalue weighted by Crippen LogP contribution is -2.12. The van der Waals surface area contributed by atoms with Gasteiger partial charge in [-0.2, -0.15) is 0 Å². The quantitative estimate of drug-likeness (QED) is 0.346. The van der Waals surface area contributed by atoms with Crippen LogP contribution in [0, 0.1) is 10.1 Å². The van der Waals surface area contributed by atoms with Crippen LogP contribution >= 0.6 is 22.7 Å². The zero-order valence-electron chi connectivity index (χ0n) is 13.6. The fourth-order valence-electron chi connectivity index (χ4n) is 2.20. The maximum Gasteiger partial charge on any atom is 0.310 e. The number of nitro benzene ring substituents is 1. The summed E-state index contributed by atoms with van der Waals surface area (Å²) in [7, 11) is 0. The lowest BCUT2D eigenvalue weighted by molar-refractivity contribution is -0.385. The largest absolute Gasteiger partial charge is 0.487 e. The summed E-state index contributed by atoms with van der Waals surface area (Å²) >= 11 is 2.97. The van der Waals surface area contributed by atoms with E-state index >= 15 is 0 Å². The average Bonchev–Trinajstić information content (AvgIpc) is 3.30. The molecule has 7 nitrogen and oxygen atoms in total. The van der Waals surface area contributed by atoms with E-state index in [0.717, 1.165) is 10.6 Å². The molecule has 0 saturated carbocycles. The number of ether oxygens (including phenoxy) is 1. The fraction of sp³-hybridized carbons (Fsp3) is 0.176. The van der Waals surface area contributed by atoms with Gasteiger partial charge in [0, 0.05) is 17.9 Å². The number of amides is 1. The van der Waals surface area contributed by atoms with Crippen LogP contribution in [0.5, 0.6) is 5.75 Å². The first-order valence-electron chi connectivity index (χ1n) is 7.79. The van der Waals surface area contributed by atoms with Gasteiger partial charge in [0.25, 0.3) is 0 Å². The smallest absolute Gasteiger partial charge is 0.310 e. The number of nitrogens with zero attached hydrogens (tertiary/aromatic N) is 2. The highest BCUT2D eigenvalue weighted by Gasteiger charge is 2.14. The molecule has 0 aliphatic heterocycles. The van der Waals surface area contributed by atoms with Crippen molar-refractivity contribution in [1.82, 2.24) is 4.98 Å². The summed E-state index contributed by atoms with van der Waals surface area (Å²) in [6.45, 7) is 0.219. The first-order valence-corrected chi connectivity index (χ1v) is 9.55. The highest BCUT2D eigenvalue weighted by Crippen LogP contribution is 2.28. The molecule has 0 spiro atoms. The van der Waals surface area contributed by atoms with E-state index in [0.29, 0.717) is 11.6 Å². The fourth-order valence-corrected chi connectivity index (χ4v) is 3.68. The van der Waals surface area contributed by atoms with E-state index in [1.807, 2.05) is 22.9 Å². The van der Waals surface area contributed by atoms with Crippen LogP contribution < -0.4 is 10.1 Å². The van der Waals surface area contributed by atoms with Crippen molar-refractivity contribution >= 4 is 39.4 Å². The summed E-state index contributed by atoms with van der Waals surface area (Å²) in [5.74, 6) is 0.0432. The normalized spacial score (nSPS) is 10.5. The van der Waals surface area contributed by atoms with E-state index in [2.05, 4.69) is 10.3 Å². The number of hydrogen-bond acceptors (Lipinski definition) is 7. The standard InChI is InChI=1S/C17H15N3O4S2/c21-16(19-17-18-12(11-26-17)15-7-4-10-25-15)8-3-9-24-14-6-2-1-5-13(14)20(22)23/h1-2,4-7,10-11H,3,8-9H2,(H,18,19,21). The van der Waals surface area contributed by atoms with Crippen molar-refractivity contribution in [2.45, 2.75) is 12.8 Å². The maximum absolute atomic E-state index is 12.0. The number of carbonyl (C=O) groups is 1. The lowest BCUT2D eigenvalue weighted by atomic mass is 10.3. The third kappa shape index (κ3) is 4.64. The number of carbonyl (C=O) groups excluding carboxylic acids is 1. The highest BCUT2D eigenvalue weighted by molar-refractivity contribution is 7.16. The molecule has 1 N–H and O–H groups in total. The number of thiazole rings is 1. The van der Waals surface area contributed by atoms with E-state index in [4.69, 9.17) is 4.74 Å². The first-order chi connectivity index (χ1) is 12.6. The third-order valence-electron chi connectivity index (χ3n) is 3.39. The summed E-state index contributed by atoms with van der Waals surface area (Å²) in [6.07, 6.45) is 0.690. The molecule has 0 fully saturated rings. The number of nitrogens with one attached hydrogen (secondary N) is 1. The van der Waals surface area contributed by atoms with Crippen LogP contribution in [0.25, 0.3) is 10.6 Å². The minimum Gasteiger partial charge on any atom is -0.487 e. The van der Waals surface area contributed by atoms with Gasteiger partial charge in [-0.25, -0.2) is 4.98 Å². The number of nitro groups is 1. The number of hydrogen-bond donors (Lipinski definition) is 1. The van der Waals surface area contributed by atoms with Gasteiger partial charge >= 0.3 is 5.69 Å². The molecule has 0 atom stereocenters. The Morgan fingerprint density at radius 1 is 1.23 bits per heavy atom. The second-order valence-electron chi connectivity index (χ2n) is 5.24. The molecular formula is C17H15N3O4S2. The molecule has 0 bridgehead atoms. The summed E-state index contributed by atoms with van der Waals surface area (Å²) in [4.78, 5) is 27.9. The van der Waals surface area contributed by atoms with E-state index in [1.54, 1.807) is 29.5 Å². The molecule has 3 rings (SSSR count). The first kappa shape index (κ1) is 18.0. The van der Waals surface area contributed by atoms with Crippen molar-refractivity contribution in [2.75, 3.05) is 11.9 Å². The molecular weight excluding hydrogens is 374 g/mol. The van der Waals surface area contributed by atoms with Crippen molar-refractivity contribution in [2.24, 2.45) is 0 Å². The van der Waals surface area contributed by atoms with Gasteiger partial charge in [-0.05, 0) is 23.9 Å². The lowest BCUT2D eigenvalue weighted by Gasteiger charge is -2.06. The molecule has 0 radical (unpaired) electrons. The Kier molecular flexibility index (Phi) is 5.92. The topological polar surface area (TPSA) is 94.4 Å². The number of thiophene rings is 1. The van der Waals surface area contributed by atoms with Crippen LogP contribution in [0.15, 0.2) is 47.2 Å². The van der Waals surface area contributed by atoms with Crippen LogP contribution in [0.3, 0.4) is 0 Å². The minimum absolute atomic E-state index is 0.0826. The van der Waals surface area contributed by atoms with Crippen molar-refractivity contribution in [1.29, 1.82) is 0 Å². The molecule has 9 heteroatoms. The summed E-state index contributed by atoms with van der Waals surface area (Å²) in [5, 5.41) is 18.1. The van der Waals surface area contributed by atoms with Gasteiger partial charge < -0.3 is 10.1 Å². The predicted octanol–water partition coefficient (Wildman–Crippen LogP) is 4.58. The van der Waals surface area contributed by atoms with Crippen LogP contribution in [-0.4, -0.2) is 22.4 Å². The molecule has 134 valence electrons. The van der Waals surface area contributed by atoms with Gasteiger partial charge in [0.2, 0.25) is 5.91 Å². The molecule has 3 aromatic rings. The van der Waals surface area contributed by atoms with Crippen LogP contribution in [0.1, 0.15) is 12.8 Å². The molecule has 0 aliphatic rings. The molecule has 2 heterocycles. The molecule has 26 heavy (non-hydrogen) atoms. The zero-order chi connectivity index (χ0) is 18.4. The Bertz CT molecular complexity index is 893. The van der Waals surface area contributed by atoms with Crippen LogP contribution in [0.2, 0.25) is 0 Å². The molecule has 0 saturated heterocycles. The van der Waals surface area contributed by atoms with Gasteiger partial charge in [0.05, 0.1) is 22.1 Å². The van der Waals surface area contributed by atoms with Crippen LogP contribution in [0.4, 0.5) is 10.8 Å². The Balaban J connectivity index is 1.44. The van der Waals surface area contributed by atoms with Gasteiger partial charge in [0.15, 0.2) is 10.9 Å². The third-order valence-corrected chi connectivity index (χ3v) is 5.04. The summed E-state index contributed by atoms with van der Waals surface area (Å²) in [5.41, 5.74) is 0.765. The van der Waals surface area contributed by atoms with Crippen molar-refractivity contribution in [3.8, 4) is 16.3 Å². The van der Waals surface area contributed by atoms with Gasteiger partial charge in [-0.1, -0.05) is 18.2 Å². The summed E-state index contributed by atoms with van der Waals surface area (Å²) in [6, 6.07) is 10.1. The molecule has 1 amide bonds. The molecule has 1 aromatic carbocycles. The van der Waals surface area contributed by atoms with E-state index in [1.165, 1.54) is 17.4 Å². The van der Waals surface area contributed by atoms with Crippen molar-refractivity contribution in [3.05, 3.63) is 57.3 Å². The zero-order valence-corrected chi connectivity index (χ0v) is 15.2. The predicted molar refractivity (Wildman–Crippen MR) is 102 cm³/mol. The Labute approximate surface area is 157 Å². The maximum atomic E-state index is 12.0. The van der Waals surface area contributed by atoms with Crippen molar-refractivity contribution < 1.29 is 14.5 Å². The van der Waals surface area contributed by atoms with Gasteiger partial charge in [0.1, 0.15) is 0 Å². The average molecular weight is 389 g/mol. The van der Waals surface area contributed by atoms with Gasteiger partial charge in [-0.3, -0.25) is 14.9 Å². The molecule has 2 aromatic heterocycles. The number of rotatable bonds is 8. The highest BCUT2D eigenvalue weighted by atomic mass is 32.1. The Hall–Kier alpha value is -2.78. The second-order valence-corrected chi connectivity index (χ2v) is 7.05. The Morgan fingerprint density at radius 2 is 2.08 bits per heavy atom. The molecule has 0 aliphatic carbocycles. The number of benzene rings is 1. The minimum atomic E-state index is -0.490. The molecule has 0 unspecified atom stereocenters. The number of aromatic nitrogens is 1. The number of anilines is 1. The SMILES string of the molecule is O=C(CCCOc1ccccc1[N+](=O)[O-])Nc1nc(-c2cccs2)cs1. The van der Waals surface area contributed by atoms with E-state index < -0.39 is 4.92 Å². The second kappa shape index (κ2) is 8.54.